The summed E-state index contributed by atoms with van der Waals surface area (Å²) in [6.45, 7) is 0. The van der Waals surface area contributed by atoms with Crippen molar-refractivity contribution in [3.63, 3.8) is 0 Å². The third-order valence-corrected chi connectivity index (χ3v) is 5.79. The molecule has 0 aliphatic rings. The van der Waals surface area contributed by atoms with E-state index in [0.29, 0.717) is 18.1 Å². The van der Waals surface area contributed by atoms with Crippen LogP contribution in [0, 0.1) is 0 Å². The zero-order valence-electron chi connectivity index (χ0n) is 15.0. The summed E-state index contributed by atoms with van der Waals surface area (Å²) >= 11 is 3.08. The van der Waals surface area contributed by atoms with E-state index in [1.54, 1.807) is 17.5 Å². The molecule has 0 saturated heterocycles. The molecule has 0 saturated carbocycles. The number of amides is 1. The number of aryl methyl sites for hydroxylation is 2. The van der Waals surface area contributed by atoms with Crippen LogP contribution in [-0.4, -0.2) is 25.6 Å². The van der Waals surface area contributed by atoms with E-state index in [9.17, 15) is 4.79 Å². The molecule has 0 spiro atoms. The number of aromatic nitrogens is 4. The number of nitrogens with zero attached hydrogens (tertiary/aromatic N) is 4. The molecule has 4 rings (SSSR count). The van der Waals surface area contributed by atoms with Gasteiger partial charge in [-0.2, -0.15) is 16.3 Å². The van der Waals surface area contributed by atoms with Gasteiger partial charge in [-0.1, -0.05) is 17.3 Å². The Balaban J connectivity index is 1.37. The van der Waals surface area contributed by atoms with E-state index in [-0.39, 0.29) is 12.3 Å². The van der Waals surface area contributed by atoms with Crippen LogP contribution in [0.2, 0.25) is 0 Å². The first-order chi connectivity index (χ1) is 13.7. The highest BCUT2D eigenvalue weighted by molar-refractivity contribution is 7.99. The van der Waals surface area contributed by atoms with Crippen LogP contribution in [0.15, 0.2) is 68.1 Å². The molecular weight excluding hydrogens is 394 g/mol. The molecule has 0 atom stereocenters. The first-order valence-corrected chi connectivity index (χ1v) is 10.3. The summed E-state index contributed by atoms with van der Waals surface area (Å²) in [4.78, 5) is 22.0. The first kappa shape index (κ1) is 18.5. The molecule has 0 fully saturated rings. The molecule has 0 bridgehead atoms. The minimum absolute atomic E-state index is 0.108. The lowest BCUT2D eigenvalue weighted by atomic mass is 10.2. The highest BCUT2D eigenvalue weighted by Crippen LogP contribution is 2.32. The Bertz CT molecular complexity index is 1070. The standard InChI is InChI=1S/C19H17N5O2S2/c1-24-10-9-20-19(24)28-15-5-3-2-4-14(15)21-16(25)6-7-17-22-18(23-26-17)13-8-11-27-12-13/h2-5,8-12H,6-7H2,1H3,(H,21,25). The Morgan fingerprint density at radius 2 is 2.21 bits per heavy atom. The number of rotatable bonds is 7. The van der Waals surface area contributed by atoms with E-state index in [2.05, 4.69) is 20.4 Å². The van der Waals surface area contributed by atoms with Crippen molar-refractivity contribution in [3.8, 4) is 11.4 Å². The predicted octanol–water partition coefficient (Wildman–Crippen LogP) is 4.25. The van der Waals surface area contributed by atoms with E-state index in [4.69, 9.17) is 4.52 Å². The van der Waals surface area contributed by atoms with Crippen LogP contribution in [0.5, 0.6) is 0 Å². The van der Waals surface area contributed by atoms with E-state index in [0.717, 1.165) is 21.3 Å². The summed E-state index contributed by atoms with van der Waals surface area (Å²) in [6.07, 6.45) is 4.28. The lowest BCUT2D eigenvalue weighted by Crippen LogP contribution is -2.13. The smallest absolute Gasteiger partial charge is 0.227 e. The van der Waals surface area contributed by atoms with Crippen LogP contribution in [0.1, 0.15) is 12.3 Å². The number of carbonyl (C=O) groups excluding carboxylic acids is 1. The Hall–Kier alpha value is -2.91. The second kappa shape index (κ2) is 8.41. The summed E-state index contributed by atoms with van der Waals surface area (Å²) in [7, 11) is 1.94. The van der Waals surface area contributed by atoms with Gasteiger partial charge in [0.1, 0.15) is 0 Å². The number of imidazole rings is 1. The molecular formula is C19H17N5O2S2. The summed E-state index contributed by atoms with van der Waals surface area (Å²) < 4.78 is 7.18. The SMILES string of the molecule is Cn1ccnc1Sc1ccccc1NC(=O)CCc1nc(-c2ccsc2)no1. The number of anilines is 1. The van der Waals surface area contributed by atoms with Crippen LogP contribution in [0.3, 0.4) is 0 Å². The fourth-order valence-corrected chi connectivity index (χ4v) is 4.03. The molecule has 3 aromatic heterocycles. The van der Waals surface area contributed by atoms with Crippen molar-refractivity contribution in [2.45, 2.75) is 22.9 Å². The highest BCUT2D eigenvalue weighted by atomic mass is 32.2. The predicted molar refractivity (Wildman–Crippen MR) is 108 cm³/mol. The Labute approximate surface area is 169 Å². The average Bonchev–Trinajstić information content (AvgIpc) is 3.44. The van der Waals surface area contributed by atoms with Crippen LogP contribution in [0.25, 0.3) is 11.4 Å². The molecule has 28 heavy (non-hydrogen) atoms. The highest BCUT2D eigenvalue weighted by Gasteiger charge is 2.13. The minimum Gasteiger partial charge on any atom is -0.339 e. The Morgan fingerprint density at radius 1 is 1.32 bits per heavy atom. The number of nitrogens with one attached hydrogen (secondary N) is 1. The van der Waals surface area contributed by atoms with Crippen LogP contribution < -0.4 is 5.32 Å². The van der Waals surface area contributed by atoms with Crippen molar-refractivity contribution in [3.05, 3.63) is 59.4 Å². The minimum atomic E-state index is -0.108. The van der Waals surface area contributed by atoms with Crippen LogP contribution in [-0.2, 0) is 18.3 Å². The molecule has 7 nitrogen and oxygen atoms in total. The lowest BCUT2D eigenvalue weighted by molar-refractivity contribution is -0.116. The van der Waals surface area contributed by atoms with Crippen molar-refractivity contribution in [1.29, 1.82) is 0 Å². The third kappa shape index (κ3) is 4.32. The van der Waals surface area contributed by atoms with Gasteiger partial charge < -0.3 is 14.4 Å². The fraction of sp³-hybridized carbons (Fsp3) is 0.158. The van der Waals surface area contributed by atoms with E-state index >= 15 is 0 Å². The van der Waals surface area contributed by atoms with Crippen LogP contribution in [0.4, 0.5) is 5.69 Å². The van der Waals surface area contributed by atoms with Gasteiger partial charge in [0.2, 0.25) is 17.6 Å². The molecule has 4 aromatic rings. The van der Waals surface area contributed by atoms with Gasteiger partial charge in [0, 0.05) is 48.1 Å². The Kier molecular flexibility index (Phi) is 5.54. The van der Waals surface area contributed by atoms with E-state index in [1.165, 1.54) is 11.8 Å². The molecule has 1 N–H and O–H groups in total. The number of benzene rings is 1. The van der Waals surface area contributed by atoms with Gasteiger partial charge in [-0.25, -0.2) is 4.98 Å². The number of hydrogen-bond donors (Lipinski definition) is 1. The van der Waals surface area contributed by atoms with Crippen LogP contribution >= 0.6 is 23.1 Å². The van der Waals surface area contributed by atoms with Gasteiger partial charge in [0.05, 0.1) is 5.69 Å². The molecule has 9 heteroatoms. The summed E-state index contributed by atoms with van der Waals surface area (Å²) in [5.41, 5.74) is 1.68. The van der Waals surface area contributed by atoms with Crippen molar-refractivity contribution in [1.82, 2.24) is 19.7 Å². The number of thiophene rings is 1. The maximum atomic E-state index is 12.4. The topological polar surface area (TPSA) is 85.8 Å². The first-order valence-electron chi connectivity index (χ1n) is 8.58. The zero-order valence-corrected chi connectivity index (χ0v) is 16.7. The molecule has 1 amide bonds. The van der Waals surface area contributed by atoms with Gasteiger partial charge in [0.25, 0.3) is 0 Å². The zero-order chi connectivity index (χ0) is 19.3. The van der Waals surface area contributed by atoms with Gasteiger partial charge in [0.15, 0.2) is 5.16 Å². The van der Waals surface area contributed by atoms with Crippen molar-refractivity contribution < 1.29 is 9.32 Å². The van der Waals surface area contributed by atoms with Crippen molar-refractivity contribution in [2.75, 3.05) is 5.32 Å². The van der Waals surface area contributed by atoms with Gasteiger partial charge in [-0.3, -0.25) is 4.79 Å². The van der Waals surface area contributed by atoms with Gasteiger partial charge in [-0.15, -0.1) is 0 Å². The summed E-state index contributed by atoms with van der Waals surface area (Å²) in [5.74, 6) is 0.892. The van der Waals surface area contributed by atoms with Crippen molar-refractivity contribution in [2.24, 2.45) is 7.05 Å². The number of hydrogen-bond acceptors (Lipinski definition) is 7. The number of para-hydroxylation sites is 1. The van der Waals surface area contributed by atoms with Gasteiger partial charge >= 0.3 is 0 Å². The fourth-order valence-electron chi connectivity index (χ4n) is 2.51. The normalized spacial score (nSPS) is 10.9. The third-order valence-electron chi connectivity index (χ3n) is 3.95. The summed E-state index contributed by atoms with van der Waals surface area (Å²) in [6, 6.07) is 9.60. The maximum Gasteiger partial charge on any atom is 0.227 e. The quantitative estimate of drug-likeness (QED) is 0.489. The second-order valence-corrected chi connectivity index (χ2v) is 7.78. The number of carbonyl (C=O) groups is 1. The summed E-state index contributed by atoms with van der Waals surface area (Å²) in [5, 5.41) is 11.7. The second-order valence-electron chi connectivity index (χ2n) is 5.99. The molecule has 0 unspecified atom stereocenters. The lowest BCUT2D eigenvalue weighted by Gasteiger charge is -2.10. The molecule has 1 aromatic carbocycles. The van der Waals surface area contributed by atoms with E-state index in [1.807, 2.05) is 58.9 Å². The van der Waals surface area contributed by atoms with Gasteiger partial charge in [-0.05, 0) is 35.3 Å². The monoisotopic (exact) mass is 411 g/mol. The maximum absolute atomic E-state index is 12.4. The molecule has 0 radical (unpaired) electrons. The van der Waals surface area contributed by atoms with E-state index < -0.39 is 0 Å². The average molecular weight is 412 g/mol. The Morgan fingerprint density at radius 3 is 3.00 bits per heavy atom. The largest absolute Gasteiger partial charge is 0.339 e. The molecule has 0 aliphatic carbocycles. The molecule has 3 heterocycles. The molecule has 0 aliphatic heterocycles. The molecule has 142 valence electrons. The van der Waals surface area contributed by atoms with Crippen molar-refractivity contribution >= 4 is 34.7 Å².